The number of aromatic amines is 1. The summed E-state index contributed by atoms with van der Waals surface area (Å²) in [5.74, 6) is -0.335. The summed E-state index contributed by atoms with van der Waals surface area (Å²) >= 11 is 0. The molecule has 0 saturated carbocycles. The van der Waals surface area contributed by atoms with Crippen LogP contribution in [0.25, 0.3) is 0 Å². The quantitative estimate of drug-likeness (QED) is 0.366. The molecule has 9 nitrogen and oxygen atoms in total. The number of nitrogens with one attached hydrogen (secondary N) is 4. The largest absolute Gasteiger partial charge is 0.415 e. The lowest BCUT2D eigenvalue weighted by Gasteiger charge is -2.31. The standard InChI is InChI=1S/C16H19F4N7O2/c17-14(18)13(8-1-3-28-4-2-8)25-15-9(6-21)22-7-11(24-15)23-10-5-12(27-26-10)29-16(19)20/h5-8,13-14,16,21H,1-4H2,(H3,23,24,25,26,27)/t13-/m1/s1. The highest BCUT2D eigenvalue weighted by Crippen LogP contribution is 2.27. The summed E-state index contributed by atoms with van der Waals surface area (Å²) in [6.45, 7) is -2.21. The highest BCUT2D eigenvalue weighted by molar-refractivity contribution is 5.82. The number of aromatic nitrogens is 4. The number of alkyl halides is 4. The molecule has 0 bridgehead atoms. The van der Waals surface area contributed by atoms with Crippen LogP contribution < -0.4 is 15.4 Å². The Kier molecular flexibility index (Phi) is 6.80. The van der Waals surface area contributed by atoms with Crippen LogP contribution >= 0.6 is 0 Å². The summed E-state index contributed by atoms with van der Waals surface area (Å²) in [7, 11) is 0. The molecule has 13 heteroatoms. The Morgan fingerprint density at radius 3 is 2.69 bits per heavy atom. The molecule has 2 aromatic heterocycles. The van der Waals surface area contributed by atoms with Gasteiger partial charge in [0.15, 0.2) is 11.6 Å². The van der Waals surface area contributed by atoms with Crippen molar-refractivity contribution in [2.75, 3.05) is 23.8 Å². The molecule has 3 heterocycles. The first-order valence-electron chi connectivity index (χ1n) is 8.73. The van der Waals surface area contributed by atoms with E-state index in [0.717, 1.165) is 6.21 Å². The minimum absolute atomic E-state index is 0.00496. The van der Waals surface area contributed by atoms with E-state index in [2.05, 4.69) is 35.5 Å². The van der Waals surface area contributed by atoms with Crippen LogP contribution in [0.2, 0.25) is 0 Å². The van der Waals surface area contributed by atoms with Crippen molar-refractivity contribution in [2.24, 2.45) is 5.92 Å². The number of halogens is 4. The lowest BCUT2D eigenvalue weighted by molar-refractivity contribution is -0.0528. The number of ether oxygens (including phenoxy) is 2. The Balaban J connectivity index is 1.77. The normalized spacial score (nSPS) is 16.1. The fourth-order valence-electron chi connectivity index (χ4n) is 2.95. The van der Waals surface area contributed by atoms with Gasteiger partial charge in [0, 0.05) is 25.5 Å². The van der Waals surface area contributed by atoms with Crippen molar-refractivity contribution in [3.05, 3.63) is 18.0 Å². The molecule has 0 spiro atoms. The zero-order chi connectivity index (χ0) is 20.8. The van der Waals surface area contributed by atoms with E-state index >= 15 is 0 Å². The molecule has 1 saturated heterocycles. The Hall–Kier alpha value is -2.96. The molecule has 1 aliphatic rings. The van der Waals surface area contributed by atoms with Crippen molar-refractivity contribution in [1.82, 2.24) is 20.2 Å². The third-order valence-electron chi connectivity index (χ3n) is 4.31. The van der Waals surface area contributed by atoms with Gasteiger partial charge in [0.25, 0.3) is 6.43 Å². The lowest BCUT2D eigenvalue weighted by atomic mass is 9.92. The zero-order valence-corrected chi connectivity index (χ0v) is 15.0. The summed E-state index contributed by atoms with van der Waals surface area (Å²) in [5.41, 5.74) is 0.0830. The lowest BCUT2D eigenvalue weighted by Crippen LogP contribution is -2.39. The van der Waals surface area contributed by atoms with E-state index in [9.17, 15) is 17.6 Å². The summed E-state index contributed by atoms with van der Waals surface area (Å²) in [4.78, 5) is 8.21. The van der Waals surface area contributed by atoms with Gasteiger partial charge in [0.05, 0.1) is 12.2 Å². The smallest absolute Gasteiger partial charge is 0.388 e. The maximum Gasteiger partial charge on any atom is 0.388 e. The van der Waals surface area contributed by atoms with E-state index in [1.165, 1.54) is 12.3 Å². The summed E-state index contributed by atoms with van der Waals surface area (Å²) < 4.78 is 61.1. The van der Waals surface area contributed by atoms with Crippen LogP contribution in [-0.2, 0) is 4.74 Å². The van der Waals surface area contributed by atoms with Crippen molar-refractivity contribution in [2.45, 2.75) is 31.9 Å². The van der Waals surface area contributed by atoms with Gasteiger partial charge in [0.1, 0.15) is 11.5 Å². The van der Waals surface area contributed by atoms with Crippen molar-refractivity contribution >= 4 is 23.7 Å². The Morgan fingerprint density at radius 2 is 2.03 bits per heavy atom. The van der Waals surface area contributed by atoms with Gasteiger partial charge in [0.2, 0.25) is 5.88 Å². The molecule has 29 heavy (non-hydrogen) atoms. The molecular formula is C16H19F4N7O2. The van der Waals surface area contributed by atoms with Gasteiger partial charge in [-0.05, 0) is 18.8 Å². The molecule has 0 amide bonds. The van der Waals surface area contributed by atoms with E-state index in [0.29, 0.717) is 26.1 Å². The van der Waals surface area contributed by atoms with Crippen molar-refractivity contribution in [1.29, 1.82) is 5.41 Å². The molecule has 158 valence electrons. The average molecular weight is 417 g/mol. The molecule has 1 aliphatic heterocycles. The van der Waals surface area contributed by atoms with Crippen LogP contribution in [0.15, 0.2) is 12.3 Å². The molecule has 2 aromatic rings. The molecular weight excluding hydrogens is 398 g/mol. The molecule has 0 unspecified atom stereocenters. The van der Waals surface area contributed by atoms with E-state index in [1.54, 1.807) is 0 Å². The minimum atomic E-state index is -3.02. The third-order valence-corrected chi connectivity index (χ3v) is 4.31. The maximum atomic E-state index is 13.6. The number of H-pyrrole nitrogens is 1. The third kappa shape index (κ3) is 5.53. The van der Waals surface area contributed by atoms with Crippen molar-refractivity contribution in [3.8, 4) is 5.88 Å². The fraction of sp³-hybridized carbons (Fsp3) is 0.500. The molecule has 4 N–H and O–H groups in total. The number of nitrogens with zero attached hydrogens (tertiary/aromatic N) is 3. The van der Waals surface area contributed by atoms with Gasteiger partial charge in [-0.2, -0.15) is 8.78 Å². The first kappa shape index (κ1) is 20.8. The first-order chi connectivity index (χ1) is 14.0. The van der Waals surface area contributed by atoms with Gasteiger partial charge in [-0.15, -0.1) is 5.10 Å². The van der Waals surface area contributed by atoms with Gasteiger partial charge in [-0.25, -0.2) is 18.7 Å². The fourth-order valence-corrected chi connectivity index (χ4v) is 2.95. The van der Waals surface area contributed by atoms with E-state index < -0.39 is 19.1 Å². The highest BCUT2D eigenvalue weighted by Gasteiger charge is 2.32. The van der Waals surface area contributed by atoms with E-state index in [-0.39, 0.29) is 34.9 Å². The van der Waals surface area contributed by atoms with Gasteiger partial charge < -0.3 is 25.5 Å². The van der Waals surface area contributed by atoms with Crippen LogP contribution in [0, 0.1) is 11.3 Å². The maximum absolute atomic E-state index is 13.6. The van der Waals surface area contributed by atoms with Crippen LogP contribution in [0.4, 0.5) is 35.0 Å². The van der Waals surface area contributed by atoms with E-state index in [4.69, 9.17) is 10.1 Å². The minimum Gasteiger partial charge on any atom is -0.415 e. The van der Waals surface area contributed by atoms with Gasteiger partial charge in [-0.1, -0.05) is 0 Å². The molecule has 0 aromatic carbocycles. The second kappa shape index (κ2) is 9.49. The Labute approximate surface area is 162 Å². The summed E-state index contributed by atoms with van der Waals surface area (Å²) in [6.07, 6.45) is 0.474. The van der Waals surface area contributed by atoms with Crippen LogP contribution in [0.3, 0.4) is 0 Å². The number of hydrogen-bond donors (Lipinski definition) is 4. The second-order valence-corrected chi connectivity index (χ2v) is 6.21. The van der Waals surface area contributed by atoms with Crippen molar-refractivity contribution in [3.63, 3.8) is 0 Å². The second-order valence-electron chi connectivity index (χ2n) is 6.21. The van der Waals surface area contributed by atoms with Crippen LogP contribution in [-0.4, -0.2) is 58.7 Å². The molecule has 3 rings (SSSR count). The Bertz CT molecular complexity index is 814. The number of rotatable bonds is 9. The van der Waals surface area contributed by atoms with Crippen LogP contribution in [0.1, 0.15) is 18.5 Å². The molecule has 0 radical (unpaired) electrons. The number of anilines is 3. The monoisotopic (exact) mass is 417 g/mol. The SMILES string of the molecule is N=Cc1ncc(Nc2cc(OC(F)F)n[nH]2)nc1N[C@@H](C(F)F)C1CCOCC1. The molecule has 1 atom stereocenters. The van der Waals surface area contributed by atoms with Gasteiger partial charge in [-0.3, -0.25) is 5.10 Å². The van der Waals surface area contributed by atoms with Crippen LogP contribution in [0.5, 0.6) is 5.88 Å². The average Bonchev–Trinajstić information content (AvgIpc) is 3.12. The Morgan fingerprint density at radius 1 is 1.28 bits per heavy atom. The predicted molar refractivity (Wildman–Crippen MR) is 95.4 cm³/mol. The predicted octanol–water partition coefficient (Wildman–Crippen LogP) is 3.01. The molecule has 0 aliphatic carbocycles. The van der Waals surface area contributed by atoms with Gasteiger partial charge >= 0.3 is 6.61 Å². The zero-order valence-electron chi connectivity index (χ0n) is 15.0. The summed E-state index contributed by atoms with van der Waals surface area (Å²) in [5, 5.41) is 18.9. The van der Waals surface area contributed by atoms with E-state index in [1.807, 2.05) is 0 Å². The highest BCUT2D eigenvalue weighted by atomic mass is 19.3. The van der Waals surface area contributed by atoms with Crippen molar-refractivity contribution < 1.29 is 27.0 Å². The number of hydrogen-bond acceptors (Lipinski definition) is 8. The topological polar surface area (TPSA) is 121 Å². The summed E-state index contributed by atoms with van der Waals surface area (Å²) in [6, 6.07) is -0.00419. The first-order valence-corrected chi connectivity index (χ1v) is 8.73. The molecule has 1 fully saturated rings.